The first-order valence-electron chi connectivity index (χ1n) is 11.0. The minimum absolute atomic E-state index is 0. The number of carbonyl (C=O) groups excluding carboxylic acids is 1. The molecule has 1 amide bonds. The Kier molecular flexibility index (Phi) is 8.72. The van der Waals surface area contributed by atoms with Gasteiger partial charge in [-0.05, 0) is 29.7 Å². The Morgan fingerprint density at radius 3 is 2.22 bits per heavy atom. The number of nitrogens with zero attached hydrogens (tertiary/aromatic N) is 4. The van der Waals surface area contributed by atoms with Gasteiger partial charge in [0.2, 0.25) is 5.91 Å². The second kappa shape index (κ2) is 11.5. The van der Waals surface area contributed by atoms with E-state index in [1.807, 2.05) is 29.2 Å². The molecule has 8 heteroatoms. The van der Waals surface area contributed by atoms with Gasteiger partial charge < -0.3 is 20.0 Å². The van der Waals surface area contributed by atoms with E-state index in [1.54, 1.807) is 13.1 Å². The zero-order valence-corrected chi connectivity index (χ0v) is 20.8. The molecule has 0 atom stereocenters. The number of para-hydroxylation sites is 1. The molecule has 4 rings (SSSR count). The Hall–Kier alpha value is -2.36. The van der Waals surface area contributed by atoms with Gasteiger partial charge in [-0.15, -0.1) is 24.0 Å². The number of amides is 1. The monoisotopic (exact) mass is 551 g/mol. The highest BCUT2D eigenvalue weighted by molar-refractivity contribution is 14.0. The average Bonchev–Trinajstić information content (AvgIpc) is 3.24. The Labute approximate surface area is 206 Å². The van der Waals surface area contributed by atoms with Crippen LogP contribution < -0.4 is 10.2 Å². The average molecular weight is 551 g/mol. The fourth-order valence-electron chi connectivity index (χ4n) is 4.31. The van der Waals surface area contributed by atoms with Crippen molar-refractivity contribution in [3.05, 3.63) is 65.5 Å². The number of aliphatic imine (C=N–C) groups is 1. The van der Waals surface area contributed by atoms with Crippen molar-refractivity contribution in [3.8, 4) is 0 Å². The Morgan fingerprint density at radius 2 is 1.59 bits per heavy atom. The van der Waals surface area contributed by atoms with Crippen LogP contribution in [0.4, 0.5) is 10.1 Å². The fourth-order valence-corrected chi connectivity index (χ4v) is 4.31. The Balaban J connectivity index is 0.00000289. The number of carbonyl (C=O) groups is 1. The first-order valence-corrected chi connectivity index (χ1v) is 11.0. The lowest BCUT2D eigenvalue weighted by Gasteiger charge is -2.37. The van der Waals surface area contributed by atoms with Crippen molar-refractivity contribution in [2.24, 2.45) is 4.99 Å². The van der Waals surface area contributed by atoms with Crippen LogP contribution in [-0.2, 0) is 17.9 Å². The van der Waals surface area contributed by atoms with Gasteiger partial charge in [0.25, 0.3) is 0 Å². The third kappa shape index (κ3) is 5.70. The van der Waals surface area contributed by atoms with E-state index < -0.39 is 0 Å². The van der Waals surface area contributed by atoms with Crippen LogP contribution in [0.2, 0.25) is 0 Å². The molecule has 0 bridgehead atoms. The van der Waals surface area contributed by atoms with Gasteiger partial charge >= 0.3 is 0 Å². The minimum atomic E-state index is -0.177. The first-order chi connectivity index (χ1) is 15.2. The van der Waals surface area contributed by atoms with Crippen molar-refractivity contribution in [2.75, 3.05) is 44.7 Å². The predicted molar refractivity (Wildman–Crippen MR) is 137 cm³/mol. The van der Waals surface area contributed by atoms with E-state index in [0.717, 1.165) is 51.6 Å². The molecule has 1 N–H and O–H groups in total. The Bertz CT molecular complexity index is 920. The molecule has 0 unspecified atom stereocenters. The second-order valence-electron chi connectivity index (χ2n) is 8.02. The van der Waals surface area contributed by atoms with Crippen molar-refractivity contribution in [1.29, 1.82) is 0 Å². The lowest BCUT2D eigenvalue weighted by molar-refractivity contribution is -0.131. The van der Waals surface area contributed by atoms with Gasteiger partial charge in [-0.2, -0.15) is 0 Å². The van der Waals surface area contributed by atoms with E-state index >= 15 is 0 Å². The summed E-state index contributed by atoms with van der Waals surface area (Å²) < 4.78 is 14.0. The molecule has 32 heavy (non-hydrogen) atoms. The molecule has 2 heterocycles. The van der Waals surface area contributed by atoms with Crippen LogP contribution in [0.3, 0.4) is 0 Å². The summed E-state index contributed by atoms with van der Waals surface area (Å²) in [5, 5.41) is 3.38. The molecule has 0 aliphatic carbocycles. The lowest BCUT2D eigenvalue weighted by atomic mass is 10.1. The van der Waals surface area contributed by atoms with Crippen LogP contribution in [-0.4, -0.2) is 61.4 Å². The number of hydrogen-bond acceptors (Lipinski definition) is 3. The summed E-state index contributed by atoms with van der Waals surface area (Å²) in [6, 6.07) is 15.2. The van der Waals surface area contributed by atoms with Crippen LogP contribution in [0.5, 0.6) is 0 Å². The number of nitrogens with one attached hydrogen (secondary N) is 1. The zero-order chi connectivity index (χ0) is 21.6. The molecular formula is C24H31FIN5O. The smallest absolute Gasteiger partial charge is 0.223 e. The highest BCUT2D eigenvalue weighted by Crippen LogP contribution is 2.23. The highest BCUT2D eigenvalue weighted by Gasteiger charge is 2.23. The molecule has 1 saturated heterocycles. The number of piperazine rings is 1. The van der Waals surface area contributed by atoms with E-state index in [0.29, 0.717) is 18.7 Å². The normalized spacial score (nSPS) is 15.9. The van der Waals surface area contributed by atoms with Gasteiger partial charge in [-0.1, -0.05) is 36.4 Å². The first kappa shape index (κ1) is 24.3. The van der Waals surface area contributed by atoms with Crippen molar-refractivity contribution < 1.29 is 9.18 Å². The second-order valence-corrected chi connectivity index (χ2v) is 8.02. The molecule has 2 aliphatic rings. The summed E-state index contributed by atoms with van der Waals surface area (Å²) in [5.74, 6) is 0.866. The van der Waals surface area contributed by atoms with Gasteiger partial charge in [0.05, 0.1) is 5.69 Å². The molecule has 2 aliphatic heterocycles. The fraction of sp³-hybridized carbons (Fsp3) is 0.417. The van der Waals surface area contributed by atoms with Crippen LogP contribution in [0.1, 0.15) is 24.0 Å². The molecular weight excluding hydrogens is 520 g/mol. The number of anilines is 1. The predicted octanol–water partition coefficient (Wildman–Crippen LogP) is 3.46. The third-order valence-electron chi connectivity index (χ3n) is 6.03. The Morgan fingerprint density at radius 1 is 0.969 bits per heavy atom. The van der Waals surface area contributed by atoms with Crippen LogP contribution in [0, 0.1) is 5.82 Å². The number of fused-ring (bicyclic) bond motifs is 1. The molecule has 0 radical (unpaired) electrons. The molecule has 2 aromatic carbocycles. The molecule has 0 spiro atoms. The van der Waals surface area contributed by atoms with Crippen LogP contribution >= 0.6 is 24.0 Å². The number of rotatable bonds is 5. The lowest BCUT2D eigenvalue weighted by Crippen LogP contribution is -2.52. The van der Waals surface area contributed by atoms with Crippen molar-refractivity contribution in [1.82, 2.24) is 15.1 Å². The SMILES string of the molecule is CN=C(NCCCC(=O)N1Cc2ccccc2C1)N1CCN(c2ccccc2F)CC1.I. The van der Waals surface area contributed by atoms with Gasteiger partial charge in [-0.3, -0.25) is 9.79 Å². The van der Waals surface area contributed by atoms with Crippen molar-refractivity contribution >= 4 is 41.5 Å². The van der Waals surface area contributed by atoms with Gasteiger partial charge in [0.1, 0.15) is 5.82 Å². The number of benzene rings is 2. The molecule has 0 saturated carbocycles. The van der Waals surface area contributed by atoms with Crippen LogP contribution in [0.25, 0.3) is 0 Å². The molecule has 172 valence electrons. The molecule has 6 nitrogen and oxygen atoms in total. The zero-order valence-electron chi connectivity index (χ0n) is 18.5. The van der Waals surface area contributed by atoms with Crippen molar-refractivity contribution in [3.63, 3.8) is 0 Å². The number of halogens is 2. The quantitative estimate of drug-likeness (QED) is 0.268. The number of guanidine groups is 1. The van der Waals surface area contributed by atoms with Crippen LogP contribution in [0.15, 0.2) is 53.5 Å². The summed E-state index contributed by atoms with van der Waals surface area (Å²) in [6.07, 6.45) is 1.29. The third-order valence-corrected chi connectivity index (χ3v) is 6.03. The molecule has 2 aromatic rings. The topological polar surface area (TPSA) is 51.2 Å². The summed E-state index contributed by atoms with van der Waals surface area (Å²) in [5.41, 5.74) is 3.17. The summed E-state index contributed by atoms with van der Waals surface area (Å²) in [4.78, 5) is 23.1. The number of hydrogen-bond donors (Lipinski definition) is 1. The van der Waals surface area contributed by atoms with E-state index in [4.69, 9.17) is 0 Å². The van der Waals surface area contributed by atoms with E-state index in [2.05, 4.69) is 32.2 Å². The summed E-state index contributed by atoms with van der Waals surface area (Å²) in [7, 11) is 1.78. The van der Waals surface area contributed by atoms with Crippen molar-refractivity contribution in [2.45, 2.75) is 25.9 Å². The standard InChI is InChI=1S/C24H30FN5O.HI/c1-26-24(29-15-13-28(14-16-29)22-10-5-4-9-21(22)25)27-12-6-11-23(31)30-17-19-7-2-3-8-20(19)18-30;/h2-5,7-10H,6,11-18H2,1H3,(H,26,27);1H. The largest absolute Gasteiger partial charge is 0.366 e. The summed E-state index contributed by atoms with van der Waals surface area (Å²) >= 11 is 0. The van der Waals surface area contributed by atoms with E-state index in [9.17, 15) is 9.18 Å². The highest BCUT2D eigenvalue weighted by atomic mass is 127. The van der Waals surface area contributed by atoms with E-state index in [-0.39, 0.29) is 35.7 Å². The molecule has 0 aromatic heterocycles. The summed E-state index contributed by atoms with van der Waals surface area (Å²) in [6.45, 7) is 5.18. The van der Waals surface area contributed by atoms with Gasteiger partial charge in [0, 0.05) is 59.3 Å². The van der Waals surface area contributed by atoms with E-state index in [1.165, 1.54) is 17.2 Å². The van der Waals surface area contributed by atoms with Gasteiger partial charge in [0.15, 0.2) is 5.96 Å². The minimum Gasteiger partial charge on any atom is -0.366 e. The van der Waals surface area contributed by atoms with Gasteiger partial charge in [-0.25, -0.2) is 4.39 Å². The maximum absolute atomic E-state index is 14.0. The maximum Gasteiger partial charge on any atom is 0.223 e. The molecule has 1 fully saturated rings. The maximum atomic E-state index is 14.0.